The fourth-order valence-corrected chi connectivity index (χ4v) is 0.795. The summed E-state index contributed by atoms with van der Waals surface area (Å²) in [6.07, 6.45) is 6.30. The van der Waals surface area contributed by atoms with Crippen molar-refractivity contribution >= 4 is 5.91 Å². The quantitative estimate of drug-likeness (QED) is 0.658. The van der Waals surface area contributed by atoms with Gasteiger partial charge in [-0.1, -0.05) is 46.5 Å². The molecule has 0 rings (SSSR count). The van der Waals surface area contributed by atoms with Crippen molar-refractivity contribution in [1.29, 1.82) is 0 Å². The Morgan fingerprint density at radius 3 is 1.69 bits per heavy atom. The van der Waals surface area contributed by atoms with Gasteiger partial charge in [0, 0.05) is 13.5 Å². The highest BCUT2D eigenvalue weighted by Gasteiger charge is 1.85. The van der Waals surface area contributed by atoms with Crippen LogP contribution < -0.4 is 5.32 Å². The molecule has 0 aromatic rings. The first-order valence-corrected chi connectivity index (χ1v) is 5.43. The zero-order chi connectivity index (χ0) is 10.5. The van der Waals surface area contributed by atoms with E-state index in [9.17, 15) is 4.79 Å². The number of amides is 1. The third-order valence-corrected chi connectivity index (χ3v) is 1.61. The predicted octanol–water partition coefficient (Wildman–Crippen LogP) is 3.12. The second kappa shape index (κ2) is 14.0. The number of hydrogen-bond donors (Lipinski definition) is 1. The monoisotopic (exact) mass is 187 g/mol. The lowest BCUT2D eigenvalue weighted by Gasteiger charge is -1.96. The van der Waals surface area contributed by atoms with Crippen molar-refractivity contribution in [1.82, 2.24) is 5.32 Å². The summed E-state index contributed by atoms with van der Waals surface area (Å²) in [6, 6.07) is 0. The van der Waals surface area contributed by atoms with E-state index in [4.69, 9.17) is 0 Å². The van der Waals surface area contributed by atoms with Gasteiger partial charge in [0.15, 0.2) is 0 Å². The molecular formula is C11H25NO. The van der Waals surface area contributed by atoms with Crippen LogP contribution in [0.25, 0.3) is 0 Å². The Labute approximate surface area is 83.1 Å². The van der Waals surface area contributed by atoms with Crippen molar-refractivity contribution in [2.75, 3.05) is 6.54 Å². The summed E-state index contributed by atoms with van der Waals surface area (Å²) in [5.74, 6) is 0.0680. The number of rotatable bonds is 5. The summed E-state index contributed by atoms with van der Waals surface area (Å²) < 4.78 is 0. The van der Waals surface area contributed by atoms with E-state index in [1.807, 2.05) is 0 Å². The molecule has 1 amide bonds. The first-order valence-electron chi connectivity index (χ1n) is 5.43. The molecule has 0 fully saturated rings. The van der Waals surface area contributed by atoms with Gasteiger partial charge in [-0.15, -0.1) is 0 Å². The van der Waals surface area contributed by atoms with Crippen LogP contribution in [0.4, 0.5) is 0 Å². The maximum Gasteiger partial charge on any atom is 0.216 e. The van der Waals surface area contributed by atoms with Crippen LogP contribution in [0.1, 0.15) is 59.8 Å². The van der Waals surface area contributed by atoms with Crippen LogP contribution in [0, 0.1) is 0 Å². The van der Waals surface area contributed by atoms with E-state index >= 15 is 0 Å². The second-order valence-corrected chi connectivity index (χ2v) is 3.19. The van der Waals surface area contributed by atoms with Gasteiger partial charge in [-0.05, 0) is 6.42 Å². The van der Waals surface area contributed by atoms with E-state index in [0.29, 0.717) is 0 Å². The molecular weight excluding hydrogens is 162 g/mol. The standard InChI is InChI=1S/C6H13NO.C5H12/c1-3-4-5-7-6(2)8;1-3-5-4-2/h3-5H2,1-2H3,(H,7,8);3-5H2,1-2H3. The smallest absolute Gasteiger partial charge is 0.216 e. The molecule has 1 N–H and O–H groups in total. The molecule has 2 heteroatoms. The number of carbonyl (C=O) groups excluding carboxylic acids is 1. The summed E-state index contributed by atoms with van der Waals surface area (Å²) in [6.45, 7) is 8.89. The van der Waals surface area contributed by atoms with Gasteiger partial charge >= 0.3 is 0 Å². The van der Waals surface area contributed by atoms with Gasteiger partial charge in [0.1, 0.15) is 0 Å². The molecule has 80 valence electrons. The van der Waals surface area contributed by atoms with E-state index in [0.717, 1.165) is 19.4 Å². The van der Waals surface area contributed by atoms with E-state index in [2.05, 4.69) is 26.1 Å². The van der Waals surface area contributed by atoms with Crippen molar-refractivity contribution < 1.29 is 4.79 Å². The minimum absolute atomic E-state index is 0.0680. The number of carbonyl (C=O) groups is 1. The third kappa shape index (κ3) is 24.6. The van der Waals surface area contributed by atoms with E-state index in [-0.39, 0.29) is 5.91 Å². The highest BCUT2D eigenvalue weighted by Crippen LogP contribution is 1.88. The minimum atomic E-state index is 0.0680. The molecule has 0 aliphatic carbocycles. The molecule has 0 aromatic carbocycles. The predicted molar refractivity (Wildman–Crippen MR) is 58.8 cm³/mol. The lowest BCUT2D eigenvalue weighted by Crippen LogP contribution is -2.20. The number of nitrogens with one attached hydrogen (secondary N) is 1. The molecule has 0 saturated carbocycles. The van der Waals surface area contributed by atoms with Crippen molar-refractivity contribution in [2.45, 2.75) is 59.8 Å². The van der Waals surface area contributed by atoms with Crippen molar-refractivity contribution in [3.63, 3.8) is 0 Å². The molecule has 0 aromatic heterocycles. The topological polar surface area (TPSA) is 29.1 Å². The fraction of sp³-hybridized carbons (Fsp3) is 0.909. The number of unbranched alkanes of at least 4 members (excludes halogenated alkanes) is 3. The average Bonchev–Trinajstić information content (AvgIpc) is 2.07. The molecule has 0 bridgehead atoms. The van der Waals surface area contributed by atoms with Crippen molar-refractivity contribution in [3.05, 3.63) is 0 Å². The van der Waals surface area contributed by atoms with Gasteiger partial charge in [0.25, 0.3) is 0 Å². The highest BCUT2D eigenvalue weighted by atomic mass is 16.1. The SMILES string of the molecule is CCCCC.CCCCNC(C)=O. The molecule has 0 aliphatic rings. The van der Waals surface area contributed by atoms with Crippen LogP contribution in [0.2, 0.25) is 0 Å². The van der Waals surface area contributed by atoms with E-state index < -0.39 is 0 Å². The Morgan fingerprint density at radius 1 is 1.00 bits per heavy atom. The summed E-state index contributed by atoms with van der Waals surface area (Å²) in [5, 5.41) is 2.71. The van der Waals surface area contributed by atoms with Crippen LogP contribution in [-0.2, 0) is 4.79 Å². The third-order valence-electron chi connectivity index (χ3n) is 1.61. The Kier molecular flexibility index (Phi) is 16.1. The van der Waals surface area contributed by atoms with Gasteiger partial charge in [-0.3, -0.25) is 4.79 Å². The summed E-state index contributed by atoms with van der Waals surface area (Å²) in [4.78, 5) is 10.2. The first kappa shape index (κ1) is 15.0. The molecule has 13 heavy (non-hydrogen) atoms. The van der Waals surface area contributed by atoms with E-state index in [1.54, 1.807) is 0 Å². The fourth-order valence-electron chi connectivity index (χ4n) is 0.795. The van der Waals surface area contributed by atoms with Gasteiger partial charge in [-0.2, -0.15) is 0 Å². The summed E-state index contributed by atoms with van der Waals surface area (Å²) >= 11 is 0. The first-order chi connectivity index (χ1) is 6.18. The maximum atomic E-state index is 10.2. The van der Waals surface area contributed by atoms with Gasteiger partial charge in [-0.25, -0.2) is 0 Å². The molecule has 0 spiro atoms. The lowest BCUT2D eigenvalue weighted by atomic mass is 10.3. The Balaban J connectivity index is 0. The Hall–Kier alpha value is -0.530. The van der Waals surface area contributed by atoms with Crippen LogP contribution in [0.5, 0.6) is 0 Å². The zero-order valence-corrected chi connectivity index (χ0v) is 9.65. The van der Waals surface area contributed by atoms with Crippen LogP contribution in [-0.4, -0.2) is 12.5 Å². The molecule has 0 aliphatic heterocycles. The average molecular weight is 187 g/mol. The molecule has 2 nitrogen and oxygen atoms in total. The molecule has 0 atom stereocenters. The van der Waals surface area contributed by atoms with Gasteiger partial charge in [0.2, 0.25) is 5.91 Å². The van der Waals surface area contributed by atoms with Crippen molar-refractivity contribution in [3.8, 4) is 0 Å². The second-order valence-electron chi connectivity index (χ2n) is 3.19. The molecule has 0 radical (unpaired) electrons. The van der Waals surface area contributed by atoms with Gasteiger partial charge in [0.05, 0.1) is 0 Å². The van der Waals surface area contributed by atoms with Crippen LogP contribution in [0.15, 0.2) is 0 Å². The maximum absolute atomic E-state index is 10.2. The molecule has 0 saturated heterocycles. The lowest BCUT2D eigenvalue weighted by molar-refractivity contribution is -0.118. The molecule has 0 heterocycles. The largest absolute Gasteiger partial charge is 0.356 e. The van der Waals surface area contributed by atoms with Gasteiger partial charge < -0.3 is 5.32 Å². The Morgan fingerprint density at radius 2 is 1.46 bits per heavy atom. The zero-order valence-electron chi connectivity index (χ0n) is 9.65. The molecule has 0 unspecified atom stereocenters. The normalized spacial score (nSPS) is 8.62. The summed E-state index contributed by atoms with van der Waals surface area (Å²) in [5.41, 5.74) is 0. The van der Waals surface area contributed by atoms with Crippen LogP contribution in [0.3, 0.4) is 0 Å². The van der Waals surface area contributed by atoms with E-state index in [1.165, 1.54) is 26.2 Å². The minimum Gasteiger partial charge on any atom is -0.356 e. The summed E-state index contributed by atoms with van der Waals surface area (Å²) in [7, 11) is 0. The van der Waals surface area contributed by atoms with Crippen LogP contribution >= 0.6 is 0 Å². The Bertz CT molecular complexity index is 100. The number of hydrogen-bond acceptors (Lipinski definition) is 1. The highest BCUT2D eigenvalue weighted by molar-refractivity contribution is 5.72. The van der Waals surface area contributed by atoms with Crippen molar-refractivity contribution in [2.24, 2.45) is 0 Å².